The van der Waals surface area contributed by atoms with Crippen LogP contribution in [0.25, 0.3) is 27.8 Å². The Hall–Kier alpha value is -3.72. The molecule has 5 rings (SSSR count). The van der Waals surface area contributed by atoms with Crippen molar-refractivity contribution in [2.75, 3.05) is 14.2 Å². The first-order valence-corrected chi connectivity index (χ1v) is 12.2. The maximum absolute atomic E-state index is 11.3. The molecule has 5 aromatic rings. The van der Waals surface area contributed by atoms with E-state index >= 15 is 0 Å². The molecule has 0 radical (unpaired) electrons. The minimum absolute atomic E-state index is 0.284. The van der Waals surface area contributed by atoms with Gasteiger partial charge in [0.2, 0.25) is 0 Å². The van der Waals surface area contributed by atoms with Gasteiger partial charge in [0.05, 0.1) is 37.7 Å². The molecule has 0 saturated heterocycles. The second-order valence-corrected chi connectivity index (χ2v) is 9.48. The van der Waals surface area contributed by atoms with E-state index in [1.807, 2.05) is 39.6 Å². The minimum atomic E-state index is -4.12. The minimum Gasteiger partial charge on any atom is -0.493 e. The third-order valence-corrected chi connectivity index (χ3v) is 6.32. The van der Waals surface area contributed by atoms with E-state index in [1.54, 1.807) is 45.2 Å². The summed E-state index contributed by atoms with van der Waals surface area (Å²) in [6.45, 7) is 0.503. The van der Waals surface area contributed by atoms with Gasteiger partial charge in [-0.2, -0.15) is 0 Å². The van der Waals surface area contributed by atoms with Crippen LogP contribution < -0.4 is 9.47 Å². The molecule has 0 aliphatic heterocycles. The lowest BCUT2D eigenvalue weighted by Crippen LogP contribution is -2.02. The number of benzene rings is 2. The van der Waals surface area contributed by atoms with Gasteiger partial charge >= 0.3 is 7.60 Å². The highest BCUT2D eigenvalue weighted by atomic mass is 31.2. The highest BCUT2D eigenvalue weighted by molar-refractivity contribution is 7.50. The Morgan fingerprint density at radius 1 is 1.00 bits per heavy atom. The summed E-state index contributed by atoms with van der Waals surface area (Å²) in [5.74, 6) is 1.80. The van der Waals surface area contributed by atoms with Gasteiger partial charge in [-0.3, -0.25) is 9.13 Å². The van der Waals surface area contributed by atoms with E-state index in [9.17, 15) is 14.4 Å². The summed E-state index contributed by atoms with van der Waals surface area (Å²) in [7, 11) is -0.945. The Morgan fingerprint density at radius 2 is 1.71 bits per heavy atom. The van der Waals surface area contributed by atoms with E-state index in [0.717, 1.165) is 16.5 Å². The number of hydrogen-bond donors (Lipinski definition) is 2. The van der Waals surface area contributed by atoms with E-state index in [1.165, 1.54) is 0 Å². The topological polar surface area (TPSA) is 125 Å². The molecule has 0 fully saturated rings. The van der Waals surface area contributed by atoms with Crippen molar-refractivity contribution in [3.05, 3.63) is 72.6 Å². The summed E-state index contributed by atoms with van der Waals surface area (Å²) in [6, 6.07) is 10.9. The van der Waals surface area contributed by atoms with E-state index in [4.69, 9.17) is 14.5 Å². The quantitative estimate of drug-likeness (QED) is 0.340. The molecule has 11 heteroatoms. The van der Waals surface area contributed by atoms with Crippen molar-refractivity contribution in [1.82, 2.24) is 24.1 Å². The molecule has 34 heavy (non-hydrogen) atoms. The molecule has 0 aliphatic carbocycles. The van der Waals surface area contributed by atoms with E-state index < -0.39 is 7.60 Å². The zero-order chi connectivity index (χ0) is 23.9. The van der Waals surface area contributed by atoms with Crippen LogP contribution in [0.4, 0.5) is 0 Å². The number of rotatable bonds is 7. The molecule has 174 valence electrons. The number of ether oxygens (including phenoxy) is 2. The molecule has 0 amide bonds. The van der Waals surface area contributed by atoms with Crippen molar-refractivity contribution >= 4 is 29.5 Å². The average molecular weight is 479 g/mol. The summed E-state index contributed by atoms with van der Waals surface area (Å²) in [4.78, 5) is 32.1. The van der Waals surface area contributed by atoms with Crippen LogP contribution in [0.1, 0.15) is 11.1 Å². The van der Waals surface area contributed by atoms with Gasteiger partial charge in [-0.25, -0.2) is 15.0 Å². The number of nitrogens with zero attached hydrogens (tertiary/aromatic N) is 5. The summed E-state index contributed by atoms with van der Waals surface area (Å²) in [5, 5.41) is 0.854. The fourth-order valence-electron chi connectivity index (χ4n) is 4.01. The largest absolute Gasteiger partial charge is 0.493 e. The molecule has 2 N–H and O–H groups in total. The monoisotopic (exact) mass is 479 g/mol. The number of hydrogen-bond acceptors (Lipinski definition) is 6. The third kappa shape index (κ3) is 4.14. The van der Waals surface area contributed by atoms with Crippen LogP contribution in [-0.2, 0) is 17.3 Å². The van der Waals surface area contributed by atoms with Crippen LogP contribution in [0.2, 0.25) is 0 Å². The van der Waals surface area contributed by atoms with Gasteiger partial charge in [0, 0.05) is 30.4 Å². The Labute approximate surface area is 194 Å². The van der Waals surface area contributed by atoms with Crippen LogP contribution in [0.15, 0.2) is 61.4 Å². The smallest absolute Gasteiger partial charge is 0.329 e. The SMILES string of the molecule is COc1cc2nc(-n3ccnc3)c3ncn(Cc4ccc(CP(=O)(O)O)cc4)c3c2cc1OC. The van der Waals surface area contributed by atoms with Crippen LogP contribution in [0.3, 0.4) is 0 Å². The predicted octanol–water partition coefficient (Wildman–Crippen LogP) is 3.51. The van der Waals surface area contributed by atoms with Crippen molar-refractivity contribution in [2.24, 2.45) is 0 Å². The van der Waals surface area contributed by atoms with Crippen LogP contribution in [-0.4, -0.2) is 48.1 Å². The molecular weight excluding hydrogens is 457 g/mol. The number of pyridine rings is 1. The van der Waals surface area contributed by atoms with Gasteiger partial charge in [0.15, 0.2) is 17.3 Å². The van der Waals surface area contributed by atoms with E-state index in [0.29, 0.717) is 40.5 Å². The van der Waals surface area contributed by atoms with Gasteiger partial charge in [-0.15, -0.1) is 0 Å². The summed E-state index contributed by atoms with van der Waals surface area (Å²) in [6.07, 6.45) is 6.64. The molecule has 0 atom stereocenters. The Kier molecular flexibility index (Phi) is 5.57. The number of aromatic nitrogens is 5. The first-order valence-electron chi connectivity index (χ1n) is 10.4. The fraction of sp³-hybridized carbons (Fsp3) is 0.174. The highest BCUT2D eigenvalue weighted by Crippen LogP contribution is 2.39. The van der Waals surface area contributed by atoms with Crippen LogP contribution in [0.5, 0.6) is 11.5 Å². The first kappa shape index (κ1) is 22.1. The number of methoxy groups -OCH3 is 2. The second-order valence-electron chi connectivity index (χ2n) is 7.84. The molecule has 2 aromatic carbocycles. The van der Waals surface area contributed by atoms with Crippen LogP contribution >= 0.6 is 7.60 Å². The molecule has 0 unspecified atom stereocenters. The van der Waals surface area contributed by atoms with Gasteiger partial charge in [-0.1, -0.05) is 24.3 Å². The lowest BCUT2D eigenvalue weighted by Gasteiger charge is -2.13. The molecule has 3 aromatic heterocycles. The van der Waals surface area contributed by atoms with Crippen molar-refractivity contribution in [3.63, 3.8) is 0 Å². The second kappa shape index (κ2) is 8.57. The maximum Gasteiger partial charge on any atom is 0.329 e. The van der Waals surface area contributed by atoms with Crippen LogP contribution in [0, 0.1) is 0 Å². The average Bonchev–Trinajstić information content (AvgIpc) is 3.49. The highest BCUT2D eigenvalue weighted by Gasteiger charge is 2.19. The summed E-state index contributed by atoms with van der Waals surface area (Å²) in [5.41, 5.74) is 3.84. The zero-order valence-corrected chi connectivity index (χ0v) is 19.4. The summed E-state index contributed by atoms with van der Waals surface area (Å²) >= 11 is 0. The van der Waals surface area contributed by atoms with Crippen molar-refractivity contribution in [1.29, 1.82) is 0 Å². The normalized spacial score (nSPS) is 11.9. The van der Waals surface area contributed by atoms with E-state index in [-0.39, 0.29) is 6.16 Å². The fourth-order valence-corrected chi connectivity index (χ4v) is 4.70. The predicted molar refractivity (Wildman–Crippen MR) is 127 cm³/mol. The third-order valence-electron chi connectivity index (χ3n) is 5.55. The molecule has 0 saturated carbocycles. The van der Waals surface area contributed by atoms with Gasteiger partial charge < -0.3 is 23.8 Å². The standard InChI is InChI=1S/C23H22N5O5P/c1-32-19-9-17-18(10-20(19)33-2)26-23(27-8-7-24-13-27)21-22(17)28(14-25-21)11-15-3-5-16(6-4-15)12-34(29,30)31/h3-10,13-14H,11-12H2,1-2H3,(H2,29,30,31). The van der Waals surface area contributed by atoms with Gasteiger partial charge in [0.1, 0.15) is 11.8 Å². The van der Waals surface area contributed by atoms with Crippen molar-refractivity contribution < 1.29 is 23.8 Å². The van der Waals surface area contributed by atoms with Crippen molar-refractivity contribution in [3.8, 4) is 17.3 Å². The number of imidazole rings is 2. The molecule has 0 bridgehead atoms. The Bertz CT molecular complexity index is 1520. The zero-order valence-electron chi connectivity index (χ0n) is 18.5. The molecule has 0 spiro atoms. The van der Waals surface area contributed by atoms with Crippen molar-refractivity contribution in [2.45, 2.75) is 12.7 Å². The first-order chi connectivity index (χ1) is 16.4. The van der Waals surface area contributed by atoms with Gasteiger partial charge in [0.25, 0.3) is 0 Å². The summed E-state index contributed by atoms with van der Waals surface area (Å²) < 4.78 is 26.1. The van der Waals surface area contributed by atoms with E-state index in [2.05, 4.69) is 9.97 Å². The Morgan fingerprint density at radius 3 is 2.35 bits per heavy atom. The molecular formula is C23H22N5O5P. The maximum atomic E-state index is 11.3. The molecule has 10 nitrogen and oxygen atoms in total. The Balaban J connectivity index is 1.66. The lowest BCUT2D eigenvalue weighted by atomic mass is 10.1. The lowest BCUT2D eigenvalue weighted by molar-refractivity contribution is 0.356. The molecule has 0 aliphatic rings. The number of fused-ring (bicyclic) bond motifs is 3. The molecule has 3 heterocycles. The van der Waals surface area contributed by atoms with Gasteiger partial charge in [-0.05, 0) is 17.2 Å².